The van der Waals surface area contributed by atoms with Crippen molar-refractivity contribution in [2.24, 2.45) is 4.99 Å². The Labute approximate surface area is 181 Å². The molecule has 1 aromatic heterocycles. The van der Waals surface area contributed by atoms with Gasteiger partial charge in [-0.2, -0.15) is 8.78 Å². The number of aliphatic imine (C=N–C) groups is 1. The molecule has 2 N–H and O–H groups in total. The zero-order valence-corrected chi connectivity index (χ0v) is 18.7. The molecule has 0 radical (unpaired) electrons. The zero-order chi connectivity index (χ0) is 18.9. The van der Waals surface area contributed by atoms with Gasteiger partial charge in [-0.15, -0.1) is 24.0 Å². The van der Waals surface area contributed by atoms with E-state index in [0.29, 0.717) is 34.9 Å². The highest BCUT2D eigenvalue weighted by Crippen LogP contribution is 2.25. The number of ether oxygens (including phenoxy) is 2. The third-order valence-electron chi connectivity index (χ3n) is 3.45. The SMILES string of the molecule is CN=C(NCCc1ccc(Br)o1)NCc1cc(OC)ccc1OC(F)F.I. The van der Waals surface area contributed by atoms with Crippen molar-refractivity contribution in [2.45, 2.75) is 19.6 Å². The van der Waals surface area contributed by atoms with E-state index in [1.165, 1.54) is 13.2 Å². The zero-order valence-electron chi connectivity index (χ0n) is 14.8. The topological polar surface area (TPSA) is 68.0 Å². The molecule has 0 spiro atoms. The lowest BCUT2D eigenvalue weighted by molar-refractivity contribution is -0.0504. The van der Waals surface area contributed by atoms with Crippen molar-refractivity contribution in [3.63, 3.8) is 0 Å². The van der Waals surface area contributed by atoms with Gasteiger partial charge < -0.3 is 24.5 Å². The molecule has 0 unspecified atom stereocenters. The summed E-state index contributed by atoms with van der Waals surface area (Å²) in [4.78, 5) is 4.11. The first kappa shape index (κ1) is 23.5. The Morgan fingerprint density at radius 3 is 2.63 bits per heavy atom. The number of methoxy groups -OCH3 is 1. The lowest BCUT2D eigenvalue weighted by Crippen LogP contribution is -2.37. The summed E-state index contributed by atoms with van der Waals surface area (Å²) in [5.41, 5.74) is 0.530. The molecule has 6 nitrogen and oxygen atoms in total. The first-order valence-corrected chi connectivity index (χ1v) is 8.61. The molecule has 10 heteroatoms. The minimum absolute atomic E-state index is 0. The lowest BCUT2D eigenvalue weighted by Gasteiger charge is -2.15. The Morgan fingerprint density at radius 2 is 2.04 bits per heavy atom. The van der Waals surface area contributed by atoms with Crippen LogP contribution in [0.25, 0.3) is 0 Å². The fraction of sp³-hybridized carbons (Fsp3) is 0.353. The van der Waals surface area contributed by atoms with Crippen molar-refractivity contribution >= 4 is 45.9 Å². The molecule has 1 heterocycles. The van der Waals surface area contributed by atoms with E-state index in [2.05, 4.69) is 36.3 Å². The molecule has 27 heavy (non-hydrogen) atoms. The highest BCUT2D eigenvalue weighted by atomic mass is 127. The van der Waals surface area contributed by atoms with Gasteiger partial charge in [0.05, 0.1) is 7.11 Å². The summed E-state index contributed by atoms with van der Waals surface area (Å²) in [5.74, 6) is 2.00. The number of furan rings is 1. The van der Waals surface area contributed by atoms with E-state index in [4.69, 9.17) is 9.15 Å². The van der Waals surface area contributed by atoms with Gasteiger partial charge in [0.1, 0.15) is 17.3 Å². The average Bonchev–Trinajstić information content (AvgIpc) is 3.03. The molecule has 2 rings (SSSR count). The lowest BCUT2D eigenvalue weighted by atomic mass is 10.2. The highest BCUT2D eigenvalue weighted by molar-refractivity contribution is 14.0. The Morgan fingerprint density at radius 1 is 1.26 bits per heavy atom. The number of benzene rings is 1. The summed E-state index contributed by atoms with van der Waals surface area (Å²) < 4.78 is 40.9. The summed E-state index contributed by atoms with van der Waals surface area (Å²) in [6.07, 6.45) is 0.672. The van der Waals surface area contributed by atoms with Crippen LogP contribution < -0.4 is 20.1 Å². The smallest absolute Gasteiger partial charge is 0.387 e. The number of hydrogen-bond donors (Lipinski definition) is 2. The van der Waals surface area contributed by atoms with Gasteiger partial charge in [-0.3, -0.25) is 4.99 Å². The Kier molecular flexibility index (Phi) is 10.4. The van der Waals surface area contributed by atoms with Crippen LogP contribution in [0, 0.1) is 0 Å². The molecule has 150 valence electrons. The number of halogens is 4. The molecular weight excluding hydrogens is 539 g/mol. The molecule has 0 aliphatic heterocycles. The van der Waals surface area contributed by atoms with Crippen molar-refractivity contribution in [2.75, 3.05) is 20.7 Å². The standard InChI is InChI=1S/C17H20BrF2N3O3.HI/c1-21-17(22-8-7-12-4-6-15(18)25-12)23-10-11-9-13(24-2)3-5-14(11)26-16(19)20;/h3-6,9,16H,7-8,10H2,1-2H3,(H2,21,22,23);1H. The van der Waals surface area contributed by atoms with E-state index in [-0.39, 0.29) is 36.3 Å². The first-order chi connectivity index (χ1) is 12.5. The normalized spacial score (nSPS) is 11.1. The summed E-state index contributed by atoms with van der Waals surface area (Å²) >= 11 is 3.25. The average molecular weight is 560 g/mol. The van der Waals surface area contributed by atoms with Crippen LogP contribution in [0.3, 0.4) is 0 Å². The number of alkyl halides is 2. The summed E-state index contributed by atoms with van der Waals surface area (Å²) in [7, 11) is 3.13. The predicted octanol–water partition coefficient (Wildman–Crippen LogP) is 4.18. The van der Waals surface area contributed by atoms with Crippen molar-refractivity contribution in [1.82, 2.24) is 10.6 Å². The minimum atomic E-state index is -2.90. The summed E-state index contributed by atoms with van der Waals surface area (Å²) in [6.45, 7) is -2.06. The van der Waals surface area contributed by atoms with Gasteiger partial charge in [0.2, 0.25) is 0 Å². The number of guanidine groups is 1. The Hall–Kier alpha value is -1.56. The molecule has 1 aromatic carbocycles. The summed E-state index contributed by atoms with van der Waals surface area (Å²) in [5, 5.41) is 6.19. The maximum absolute atomic E-state index is 12.6. The molecule has 0 saturated heterocycles. The Bertz CT molecular complexity index is 744. The fourth-order valence-electron chi connectivity index (χ4n) is 2.22. The van der Waals surface area contributed by atoms with Crippen LogP contribution >= 0.6 is 39.9 Å². The largest absolute Gasteiger partial charge is 0.497 e. The van der Waals surface area contributed by atoms with E-state index in [1.54, 1.807) is 19.2 Å². The van der Waals surface area contributed by atoms with Crippen molar-refractivity contribution in [3.05, 3.63) is 46.3 Å². The summed E-state index contributed by atoms with van der Waals surface area (Å²) in [6, 6.07) is 8.36. The second-order valence-electron chi connectivity index (χ2n) is 5.16. The maximum Gasteiger partial charge on any atom is 0.387 e. The molecule has 0 bridgehead atoms. The molecule has 0 atom stereocenters. The molecule has 0 amide bonds. The van der Waals surface area contributed by atoms with Gasteiger partial charge in [-0.05, 0) is 46.3 Å². The Balaban J connectivity index is 0.00000364. The van der Waals surface area contributed by atoms with Crippen LogP contribution in [0.1, 0.15) is 11.3 Å². The fourth-order valence-corrected chi connectivity index (χ4v) is 2.56. The van der Waals surface area contributed by atoms with Gasteiger partial charge in [0, 0.05) is 32.1 Å². The molecule has 0 fully saturated rings. The van der Waals surface area contributed by atoms with Crippen LogP contribution in [-0.2, 0) is 13.0 Å². The molecule has 2 aromatic rings. The number of nitrogens with zero attached hydrogens (tertiary/aromatic N) is 1. The van der Waals surface area contributed by atoms with Crippen LogP contribution in [0.15, 0.2) is 44.4 Å². The van der Waals surface area contributed by atoms with Crippen LogP contribution in [0.2, 0.25) is 0 Å². The number of nitrogens with one attached hydrogen (secondary N) is 2. The van der Waals surface area contributed by atoms with E-state index >= 15 is 0 Å². The monoisotopic (exact) mass is 559 g/mol. The van der Waals surface area contributed by atoms with Crippen molar-refractivity contribution in [3.8, 4) is 11.5 Å². The predicted molar refractivity (Wildman–Crippen MR) is 113 cm³/mol. The second kappa shape index (κ2) is 12.0. The molecular formula is C17H21BrF2IN3O3. The van der Waals surface area contributed by atoms with E-state index in [1.807, 2.05) is 12.1 Å². The molecule has 0 aliphatic carbocycles. The van der Waals surface area contributed by atoms with Gasteiger partial charge in [0.25, 0.3) is 0 Å². The third-order valence-corrected chi connectivity index (χ3v) is 3.87. The van der Waals surface area contributed by atoms with E-state index in [9.17, 15) is 8.78 Å². The molecule has 0 aliphatic rings. The maximum atomic E-state index is 12.6. The van der Waals surface area contributed by atoms with Crippen LogP contribution in [0.5, 0.6) is 11.5 Å². The van der Waals surface area contributed by atoms with E-state index < -0.39 is 6.61 Å². The third kappa shape index (κ3) is 7.91. The molecule has 0 saturated carbocycles. The van der Waals surface area contributed by atoms with Crippen LogP contribution in [-0.4, -0.2) is 33.3 Å². The minimum Gasteiger partial charge on any atom is -0.497 e. The van der Waals surface area contributed by atoms with Crippen molar-refractivity contribution < 1.29 is 22.7 Å². The van der Waals surface area contributed by atoms with Crippen molar-refractivity contribution in [1.29, 1.82) is 0 Å². The van der Waals surface area contributed by atoms with Gasteiger partial charge in [-0.25, -0.2) is 0 Å². The highest BCUT2D eigenvalue weighted by Gasteiger charge is 2.11. The number of rotatable bonds is 8. The van der Waals surface area contributed by atoms with E-state index in [0.717, 1.165) is 5.76 Å². The van der Waals surface area contributed by atoms with Gasteiger partial charge >= 0.3 is 6.61 Å². The quantitative estimate of drug-likeness (QED) is 0.288. The second-order valence-corrected chi connectivity index (χ2v) is 5.94. The number of hydrogen-bond acceptors (Lipinski definition) is 4. The first-order valence-electron chi connectivity index (χ1n) is 7.82. The van der Waals surface area contributed by atoms with Gasteiger partial charge in [-0.1, -0.05) is 0 Å². The van der Waals surface area contributed by atoms with Gasteiger partial charge in [0.15, 0.2) is 10.6 Å². The van der Waals surface area contributed by atoms with Crippen LogP contribution in [0.4, 0.5) is 8.78 Å².